The van der Waals surface area contributed by atoms with Gasteiger partial charge in [-0.3, -0.25) is 9.36 Å². The summed E-state index contributed by atoms with van der Waals surface area (Å²) in [6.07, 6.45) is 0.822. The molecule has 0 atom stereocenters. The van der Waals surface area contributed by atoms with Crippen LogP contribution in [0.25, 0.3) is 17.1 Å². The summed E-state index contributed by atoms with van der Waals surface area (Å²) in [5.41, 5.74) is 4.51. The molecule has 11 heteroatoms. The minimum Gasteiger partial charge on any atom is -0.379 e. The van der Waals surface area contributed by atoms with Crippen molar-refractivity contribution in [3.8, 4) is 17.1 Å². The van der Waals surface area contributed by atoms with Crippen molar-refractivity contribution < 1.29 is 17.9 Å². The molecule has 1 aliphatic heterocycles. The third-order valence-electron chi connectivity index (χ3n) is 6.70. The second kappa shape index (κ2) is 12.3. The second-order valence-electron chi connectivity index (χ2n) is 9.32. The van der Waals surface area contributed by atoms with Crippen LogP contribution in [0.5, 0.6) is 0 Å². The predicted octanol–water partition coefficient (Wildman–Crippen LogP) is 4.56. The number of carbonyl (C=O) groups excluding carboxylic acids is 1. The summed E-state index contributed by atoms with van der Waals surface area (Å²) in [7, 11) is -3.61. The molecule has 40 heavy (non-hydrogen) atoms. The third-order valence-corrected chi connectivity index (χ3v) is 9.55. The van der Waals surface area contributed by atoms with E-state index in [9.17, 15) is 13.2 Å². The van der Waals surface area contributed by atoms with E-state index in [1.807, 2.05) is 60.0 Å². The molecule has 0 unspecified atom stereocenters. The van der Waals surface area contributed by atoms with Gasteiger partial charge in [-0.1, -0.05) is 55.1 Å². The topological polar surface area (TPSA) is 106 Å². The fourth-order valence-corrected chi connectivity index (χ4v) is 6.74. The van der Waals surface area contributed by atoms with E-state index in [4.69, 9.17) is 4.74 Å². The first-order chi connectivity index (χ1) is 19.4. The van der Waals surface area contributed by atoms with Crippen LogP contribution < -0.4 is 5.32 Å². The van der Waals surface area contributed by atoms with Crippen LogP contribution in [0.15, 0.2) is 82.8 Å². The molecule has 1 amide bonds. The first kappa shape index (κ1) is 28.0. The van der Waals surface area contributed by atoms with E-state index in [1.54, 1.807) is 24.3 Å². The summed E-state index contributed by atoms with van der Waals surface area (Å²) in [6.45, 7) is 5.50. The summed E-state index contributed by atoms with van der Waals surface area (Å²) in [4.78, 5) is 13.2. The number of ether oxygens (including phenoxy) is 1. The van der Waals surface area contributed by atoms with Crippen molar-refractivity contribution in [3.05, 3.63) is 83.9 Å². The normalized spacial score (nSPS) is 14.2. The molecule has 9 nitrogen and oxygen atoms in total. The zero-order valence-corrected chi connectivity index (χ0v) is 24.0. The molecule has 1 aromatic heterocycles. The number of aromatic nitrogens is 3. The van der Waals surface area contributed by atoms with Crippen LogP contribution in [0.3, 0.4) is 0 Å². The van der Waals surface area contributed by atoms with Gasteiger partial charge in [0.25, 0.3) is 0 Å². The number of thioether (sulfide) groups is 1. The van der Waals surface area contributed by atoms with Gasteiger partial charge in [-0.05, 0) is 60.9 Å². The smallest absolute Gasteiger partial charge is 0.243 e. The molecule has 1 fully saturated rings. The van der Waals surface area contributed by atoms with E-state index < -0.39 is 10.0 Å². The van der Waals surface area contributed by atoms with Gasteiger partial charge in [0, 0.05) is 30.0 Å². The highest BCUT2D eigenvalue weighted by molar-refractivity contribution is 7.99. The largest absolute Gasteiger partial charge is 0.379 e. The van der Waals surface area contributed by atoms with Crippen LogP contribution in [-0.2, 0) is 26.0 Å². The second-order valence-corrected chi connectivity index (χ2v) is 12.2. The zero-order chi connectivity index (χ0) is 28.1. The van der Waals surface area contributed by atoms with Crippen molar-refractivity contribution in [2.24, 2.45) is 0 Å². The van der Waals surface area contributed by atoms with Gasteiger partial charge >= 0.3 is 0 Å². The number of rotatable bonds is 9. The van der Waals surface area contributed by atoms with E-state index in [0.717, 1.165) is 28.9 Å². The standard InChI is InChI=1S/C29H31N5O4S2/c1-3-22-9-7-8-21(2)27(22)30-26(35)20-39-29-32-31-28(34(29)24-10-5-4-6-11-24)23-12-14-25(15-13-23)40(36,37)33-16-18-38-19-17-33/h4-15H,3,16-20H2,1-2H3,(H,30,35). The number of carbonyl (C=O) groups is 1. The Labute approximate surface area is 238 Å². The lowest BCUT2D eigenvalue weighted by Crippen LogP contribution is -2.40. The summed E-state index contributed by atoms with van der Waals surface area (Å²) in [5, 5.41) is 12.4. The van der Waals surface area contributed by atoms with Crippen molar-refractivity contribution in [2.45, 2.75) is 30.3 Å². The van der Waals surface area contributed by atoms with Crippen molar-refractivity contribution in [2.75, 3.05) is 37.4 Å². The molecule has 0 saturated carbocycles. The summed E-state index contributed by atoms with van der Waals surface area (Å²) in [5.74, 6) is 0.576. The Morgan fingerprint density at radius 3 is 2.40 bits per heavy atom. The molecule has 1 aliphatic rings. The molecule has 0 spiro atoms. The van der Waals surface area contributed by atoms with E-state index >= 15 is 0 Å². The molecule has 1 N–H and O–H groups in total. The average Bonchev–Trinajstić information content (AvgIpc) is 3.42. The van der Waals surface area contributed by atoms with Gasteiger partial charge in [0.05, 0.1) is 23.9 Å². The number of aryl methyl sites for hydroxylation is 2. The Kier molecular flexibility index (Phi) is 8.65. The zero-order valence-electron chi connectivity index (χ0n) is 22.4. The number of amides is 1. The van der Waals surface area contributed by atoms with Crippen LogP contribution >= 0.6 is 11.8 Å². The lowest BCUT2D eigenvalue weighted by Gasteiger charge is -2.26. The number of para-hydroxylation sites is 2. The predicted molar refractivity (Wildman–Crippen MR) is 156 cm³/mol. The first-order valence-electron chi connectivity index (χ1n) is 13.1. The molecule has 2 heterocycles. The summed E-state index contributed by atoms with van der Waals surface area (Å²) >= 11 is 1.29. The Morgan fingerprint density at radius 2 is 1.70 bits per heavy atom. The number of nitrogens with one attached hydrogen (secondary N) is 1. The number of nitrogens with zero attached hydrogens (tertiary/aromatic N) is 4. The molecule has 208 valence electrons. The number of morpholine rings is 1. The van der Waals surface area contributed by atoms with Crippen LogP contribution in [0, 0.1) is 6.92 Å². The number of hydrogen-bond acceptors (Lipinski definition) is 7. The molecule has 4 aromatic rings. The van der Waals surface area contributed by atoms with Crippen LogP contribution in [-0.4, -0.2) is 65.5 Å². The minimum absolute atomic E-state index is 0.129. The molecular weight excluding hydrogens is 546 g/mol. The maximum absolute atomic E-state index is 13.1. The highest BCUT2D eigenvalue weighted by Crippen LogP contribution is 2.30. The lowest BCUT2D eigenvalue weighted by atomic mass is 10.1. The number of anilines is 1. The Morgan fingerprint density at radius 1 is 0.975 bits per heavy atom. The van der Waals surface area contributed by atoms with Gasteiger partial charge in [-0.2, -0.15) is 4.31 Å². The molecule has 0 radical (unpaired) electrons. The highest BCUT2D eigenvalue weighted by atomic mass is 32.2. The molecule has 0 bridgehead atoms. The SMILES string of the molecule is CCc1cccc(C)c1NC(=O)CSc1nnc(-c2ccc(S(=O)(=O)N3CCOCC3)cc2)n1-c1ccccc1. The quantitative estimate of drug-likeness (QED) is 0.291. The van der Waals surface area contributed by atoms with Crippen LogP contribution in [0.4, 0.5) is 5.69 Å². The molecular formula is C29H31N5O4S2. The van der Waals surface area contributed by atoms with Gasteiger partial charge in [0.1, 0.15) is 0 Å². The lowest BCUT2D eigenvalue weighted by molar-refractivity contribution is -0.113. The average molecular weight is 578 g/mol. The highest BCUT2D eigenvalue weighted by Gasteiger charge is 2.26. The molecule has 1 saturated heterocycles. The summed E-state index contributed by atoms with van der Waals surface area (Å²) in [6, 6.07) is 22.3. The molecule has 5 rings (SSSR count). The van der Waals surface area contributed by atoms with Crippen molar-refractivity contribution in [3.63, 3.8) is 0 Å². The van der Waals surface area contributed by atoms with E-state index in [1.165, 1.54) is 16.1 Å². The summed E-state index contributed by atoms with van der Waals surface area (Å²) < 4.78 is 34.7. The molecule has 3 aromatic carbocycles. The Hall–Kier alpha value is -3.51. The minimum atomic E-state index is -3.61. The first-order valence-corrected chi connectivity index (χ1v) is 15.5. The molecule has 0 aliphatic carbocycles. The number of benzene rings is 3. The van der Waals surface area contributed by atoms with E-state index in [0.29, 0.717) is 42.8 Å². The number of hydrogen-bond donors (Lipinski definition) is 1. The van der Waals surface area contributed by atoms with Gasteiger partial charge in [0.2, 0.25) is 15.9 Å². The van der Waals surface area contributed by atoms with Crippen LogP contribution in [0.2, 0.25) is 0 Å². The van der Waals surface area contributed by atoms with E-state index in [-0.39, 0.29) is 16.6 Å². The van der Waals surface area contributed by atoms with E-state index in [2.05, 4.69) is 22.4 Å². The Bertz CT molecular complexity index is 1580. The third kappa shape index (κ3) is 5.97. The van der Waals surface area contributed by atoms with Crippen molar-refractivity contribution in [1.82, 2.24) is 19.1 Å². The van der Waals surface area contributed by atoms with Crippen molar-refractivity contribution >= 4 is 33.4 Å². The fraction of sp³-hybridized carbons (Fsp3) is 0.276. The number of sulfonamides is 1. The van der Waals surface area contributed by atoms with Gasteiger partial charge in [-0.15, -0.1) is 10.2 Å². The van der Waals surface area contributed by atoms with Crippen LogP contribution in [0.1, 0.15) is 18.1 Å². The van der Waals surface area contributed by atoms with Gasteiger partial charge < -0.3 is 10.1 Å². The Balaban J connectivity index is 1.39. The maximum atomic E-state index is 13.1. The monoisotopic (exact) mass is 577 g/mol. The van der Waals surface area contributed by atoms with Crippen molar-refractivity contribution in [1.29, 1.82) is 0 Å². The van der Waals surface area contributed by atoms with Gasteiger partial charge in [-0.25, -0.2) is 8.42 Å². The fourth-order valence-electron chi connectivity index (χ4n) is 4.58. The maximum Gasteiger partial charge on any atom is 0.243 e. The van der Waals surface area contributed by atoms with Gasteiger partial charge in [0.15, 0.2) is 11.0 Å².